The first-order valence-electron chi connectivity index (χ1n) is 13.3. The van der Waals surface area contributed by atoms with Gasteiger partial charge in [0.25, 0.3) is 0 Å². The van der Waals surface area contributed by atoms with Crippen LogP contribution in [0.4, 0.5) is 5.69 Å². The molecule has 42 heavy (non-hydrogen) atoms. The van der Waals surface area contributed by atoms with Gasteiger partial charge in [-0.05, 0) is 91.1 Å². The topological polar surface area (TPSA) is 86.1 Å². The van der Waals surface area contributed by atoms with Crippen molar-refractivity contribution in [2.45, 2.75) is 12.1 Å². The standard InChI is InChI=1S/C33H27N3O5S/c1-38-22-14-16-24(17-15-22)40-23-12-10-21(11-13-23)36-31(30(35-33(36)42)27-9-5-6-20-34-27)29-19-18-28(41-29)25-7-3-4-8-26(25)32(37)39-2/h3-20,30-31H,1-2H3,(H,35,42)/t30-,31-/m1/s1. The number of aromatic nitrogens is 1. The van der Waals surface area contributed by atoms with Gasteiger partial charge in [-0.15, -0.1) is 0 Å². The van der Waals surface area contributed by atoms with Crippen molar-refractivity contribution in [2.75, 3.05) is 19.1 Å². The molecule has 6 rings (SSSR count). The molecule has 210 valence electrons. The maximum Gasteiger partial charge on any atom is 0.338 e. The van der Waals surface area contributed by atoms with Gasteiger partial charge in [0, 0.05) is 17.4 Å². The van der Waals surface area contributed by atoms with Gasteiger partial charge in [-0.1, -0.05) is 24.3 Å². The van der Waals surface area contributed by atoms with E-state index in [1.54, 1.807) is 25.4 Å². The van der Waals surface area contributed by atoms with Crippen molar-refractivity contribution in [1.29, 1.82) is 0 Å². The Morgan fingerprint density at radius 1 is 0.857 bits per heavy atom. The fourth-order valence-electron chi connectivity index (χ4n) is 5.02. The third-order valence-electron chi connectivity index (χ3n) is 7.02. The van der Waals surface area contributed by atoms with Crippen LogP contribution >= 0.6 is 12.2 Å². The molecule has 9 heteroatoms. The molecule has 3 heterocycles. The van der Waals surface area contributed by atoms with Crippen molar-refractivity contribution in [2.24, 2.45) is 0 Å². The lowest BCUT2D eigenvalue weighted by molar-refractivity contribution is 0.0601. The number of carbonyl (C=O) groups excluding carboxylic acids is 1. The SMILES string of the molecule is COC(=O)c1ccccc1-c1ccc([C@@H]2[C@@H](c3ccccn3)NC(=S)N2c2ccc(Oc3ccc(OC)cc3)cc2)o1. The van der Waals surface area contributed by atoms with E-state index in [4.69, 9.17) is 30.8 Å². The molecule has 1 aliphatic rings. The summed E-state index contributed by atoms with van der Waals surface area (Å²) in [5.74, 6) is 2.91. The van der Waals surface area contributed by atoms with Crippen LogP contribution in [-0.2, 0) is 4.74 Å². The molecule has 0 spiro atoms. The molecule has 0 unspecified atom stereocenters. The molecule has 0 amide bonds. The van der Waals surface area contributed by atoms with Gasteiger partial charge in [-0.25, -0.2) is 4.79 Å². The lowest BCUT2D eigenvalue weighted by Gasteiger charge is -2.26. The number of hydrogen-bond acceptors (Lipinski definition) is 7. The lowest BCUT2D eigenvalue weighted by atomic mass is 10.0. The van der Waals surface area contributed by atoms with Crippen molar-refractivity contribution in [3.63, 3.8) is 0 Å². The van der Waals surface area contributed by atoms with E-state index in [1.165, 1.54) is 7.11 Å². The molecule has 1 N–H and O–H groups in total. The highest BCUT2D eigenvalue weighted by molar-refractivity contribution is 7.80. The number of pyridine rings is 1. The zero-order chi connectivity index (χ0) is 29.1. The molecule has 5 aromatic rings. The van der Waals surface area contributed by atoms with Crippen LogP contribution in [0.25, 0.3) is 11.3 Å². The summed E-state index contributed by atoms with van der Waals surface area (Å²) in [6.07, 6.45) is 1.76. The van der Waals surface area contributed by atoms with Gasteiger partial charge in [0.2, 0.25) is 0 Å². The zero-order valence-electron chi connectivity index (χ0n) is 22.9. The number of ether oxygens (including phenoxy) is 3. The van der Waals surface area contributed by atoms with E-state index in [1.807, 2.05) is 95.9 Å². The Kier molecular flexibility index (Phi) is 7.57. The number of anilines is 1. The van der Waals surface area contributed by atoms with Gasteiger partial charge in [-0.2, -0.15) is 0 Å². The summed E-state index contributed by atoms with van der Waals surface area (Å²) in [5.41, 5.74) is 2.74. The number of hydrogen-bond donors (Lipinski definition) is 1. The summed E-state index contributed by atoms with van der Waals surface area (Å²) in [5, 5.41) is 3.97. The van der Waals surface area contributed by atoms with Crippen molar-refractivity contribution in [3.8, 4) is 28.6 Å². The fourth-order valence-corrected chi connectivity index (χ4v) is 5.36. The molecule has 1 fully saturated rings. The molecule has 3 aromatic carbocycles. The van der Waals surface area contributed by atoms with E-state index in [0.717, 1.165) is 17.1 Å². The average Bonchev–Trinajstić information content (AvgIpc) is 3.66. The highest BCUT2D eigenvalue weighted by Gasteiger charge is 2.42. The molecule has 0 aliphatic carbocycles. The summed E-state index contributed by atoms with van der Waals surface area (Å²) < 4.78 is 22.7. The number of rotatable bonds is 8. The number of benzene rings is 3. The minimum absolute atomic E-state index is 0.288. The fraction of sp³-hybridized carbons (Fsp3) is 0.121. The van der Waals surface area contributed by atoms with E-state index >= 15 is 0 Å². The van der Waals surface area contributed by atoms with E-state index in [0.29, 0.717) is 39.3 Å². The quantitative estimate of drug-likeness (QED) is 0.153. The highest BCUT2D eigenvalue weighted by atomic mass is 32.1. The molecule has 0 bridgehead atoms. The Labute approximate surface area is 248 Å². The average molecular weight is 578 g/mol. The summed E-state index contributed by atoms with van der Waals surface area (Å²) >= 11 is 5.85. The van der Waals surface area contributed by atoms with Crippen molar-refractivity contribution >= 4 is 29.0 Å². The minimum Gasteiger partial charge on any atom is -0.497 e. The molecule has 1 saturated heterocycles. The number of methoxy groups -OCH3 is 2. The summed E-state index contributed by atoms with van der Waals surface area (Å²) in [4.78, 5) is 19.1. The number of thiocarbonyl (C=S) groups is 1. The molecule has 0 saturated carbocycles. The van der Waals surface area contributed by atoms with Gasteiger partial charge in [-0.3, -0.25) is 4.98 Å². The first kappa shape index (κ1) is 27.0. The molecular weight excluding hydrogens is 550 g/mol. The summed E-state index contributed by atoms with van der Waals surface area (Å²) in [7, 11) is 2.99. The second kappa shape index (κ2) is 11.8. The highest BCUT2D eigenvalue weighted by Crippen LogP contribution is 2.43. The number of furan rings is 1. The van der Waals surface area contributed by atoms with Crippen LogP contribution in [-0.4, -0.2) is 30.3 Å². The van der Waals surface area contributed by atoms with E-state index < -0.39 is 5.97 Å². The second-order valence-corrected chi connectivity index (χ2v) is 9.89. The maximum atomic E-state index is 12.4. The Hall–Kier alpha value is -5.15. The Balaban J connectivity index is 1.35. The van der Waals surface area contributed by atoms with Crippen LogP contribution in [0, 0.1) is 0 Å². The van der Waals surface area contributed by atoms with Crippen LogP contribution in [0.15, 0.2) is 114 Å². The normalized spacial score (nSPS) is 16.1. The number of esters is 1. The Bertz CT molecular complexity index is 1700. The van der Waals surface area contributed by atoms with Gasteiger partial charge in [0.1, 0.15) is 34.8 Å². The van der Waals surface area contributed by atoms with Crippen LogP contribution < -0.4 is 19.7 Å². The van der Waals surface area contributed by atoms with E-state index in [9.17, 15) is 4.79 Å². The predicted molar refractivity (Wildman–Crippen MR) is 163 cm³/mol. The Morgan fingerprint density at radius 3 is 2.24 bits per heavy atom. The number of nitrogens with zero attached hydrogens (tertiary/aromatic N) is 2. The van der Waals surface area contributed by atoms with E-state index in [-0.39, 0.29) is 12.1 Å². The lowest BCUT2D eigenvalue weighted by Crippen LogP contribution is -2.29. The van der Waals surface area contributed by atoms with Gasteiger partial charge in [0.05, 0.1) is 31.5 Å². The largest absolute Gasteiger partial charge is 0.497 e. The van der Waals surface area contributed by atoms with Crippen LogP contribution in [0.2, 0.25) is 0 Å². The van der Waals surface area contributed by atoms with Gasteiger partial charge >= 0.3 is 5.97 Å². The monoisotopic (exact) mass is 577 g/mol. The second-order valence-electron chi connectivity index (χ2n) is 9.51. The van der Waals surface area contributed by atoms with Crippen molar-refractivity contribution in [3.05, 3.63) is 126 Å². The number of nitrogens with one attached hydrogen (secondary N) is 1. The Morgan fingerprint density at radius 2 is 1.55 bits per heavy atom. The smallest absolute Gasteiger partial charge is 0.338 e. The predicted octanol–water partition coefficient (Wildman–Crippen LogP) is 7.11. The molecular formula is C33H27N3O5S. The molecule has 2 atom stereocenters. The zero-order valence-corrected chi connectivity index (χ0v) is 23.7. The molecule has 1 aliphatic heterocycles. The van der Waals surface area contributed by atoms with Crippen molar-refractivity contribution < 1.29 is 23.4 Å². The van der Waals surface area contributed by atoms with Crippen LogP contribution in [0.3, 0.4) is 0 Å². The molecule has 2 aromatic heterocycles. The van der Waals surface area contributed by atoms with E-state index in [2.05, 4.69) is 10.3 Å². The minimum atomic E-state index is -0.433. The third kappa shape index (κ3) is 5.29. The van der Waals surface area contributed by atoms with Crippen LogP contribution in [0.1, 0.15) is 33.9 Å². The van der Waals surface area contributed by atoms with Gasteiger partial charge in [0.15, 0.2) is 5.11 Å². The summed E-state index contributed by atoms with van der Waals surface area (Å²) in [6.45, 7) is 0. The first-order valence-corrected chi connectivity index (χ1v) is 13.7. The number of carbonyl (C=O) groups is 1. The van der Waals surface area contributed by atoms with Crippen LogP contribution in [0.5, 0.6) is 17.2 Å². The summed E-state index contributed by atoms with van der Waals surface area (Å²) in [6, 6.07) is 31.2. The molecule has 0 radical (unpaired) electrons. The maximum absolute atomic E-state index is 12.4. The first-order chi connectivity index (χ1) is 20.6. The molecule has 8 nitrogen and oxygen atoms in total. The third-order valence-corrected chi connectivity index (χ3v) is 7.34. The van der Waals surface area contributed by atoms with Gasteiger partial charge < -0.3 is 28.8 Å². The van der Waals surface area contributed by atoms with Crippen molar-refractivity contribution in [1.82, 2.24) is 10.3 Å².